The van der Waals surface area contributed by atoms with Gasteiger partial charge in [-0.3, -0.25) is 4.79 Å². The lowest BCUT2D eigenvalue weighted by atomic mass is 10.0. The quantitative estimate of drug-likeness (QED) is 0.830. The first kappa shape index (κ1) is 15.0. The number of hydrogen-bond donors (Lipinski definition) is 2. The molecule has 20 heavy (non-hydrogen) atoms. The van der Waals surface area contributed by atoms with Crippen molar-refractivity contribution in [2.24, 2.45) is 5.92 Å². The van der Waals surface area contributed by atoms with E-state index in [2.05, 4.69) is 17.2 Å². The van der Waals surface area contributed by atoms with Gasteiger partial charge in [0, 0.05) is 25.0 Å². The number of carbonyl (C=O) groups excluding carboxylic acids is 1. The van der Waals surface area contributed by atoms with Crippen LogP contribution in [0.5, 0.6) is 0 Å². The van der Waals surface area contributed by atoms with Gasteiger partial charge in [0.05, 0.1) is 23.7 Å². The second-order valence-electron chi connectivity index (χ2n) is 4.77. The van der Waals surface area contributed by atoms with Crippen molar-refractivity contribution in [3.8, 4) is 11.8 Å². The minimum atomic E-state index is -0.0537. The van der Waals surface area contributed by atoms with E-state index in [9.17, 15) is 4.79 Å². The number of carbonyl (C=O) groups is 1. The van der Waals surface area contributed by atoms with Gasteiger partial charge in [0.2, 0.25) is 0 Å². The van der Waals surface area contributed by atoms with Gasteiger partial charge >= 0.3 is 0 Å². The smallest absolute Gasteiger partial charge is 0.252 e. The molecule has 4 nitrogen and oxygen atoms in total. The van der Waals surface area contributed by atoms with Crippen molar-refractivity contribution < 1.29 is 14.6 Å². The molecule has 0 aliphatic carbocycles. The first-order chi connectivity index (χ1) is 9.79. The van der Waals surface area contributed by atoms with Crippen molar-refractivity contribution in [1.29, 1.82) is 0 Å². The minimum absolute atomic E-state index is 0.0537. The molecule has 5 heteroatoms. The van der Waals surface area contributed by atoms with Crippen LogP contribution in [-0.2, 0) is 4.74 Å². The van der Waals surface area contributed by atoms with Crippen LogP contribution in [0.1, 0.15) is 34.5 Å². The Balaban J connectivity index is 1.81. The number of thiophene rings is 1. The molecule has 0 aromatic carbocycles. The van der Waals surface area contributed by atoms with Crippen molar-refractivity contribution in [3.63, 3.8) is 0 Å². The Hall–Kier alpha value is -1.35. The fraction of sp³-hybridized carbons (Fsp3) is 0.533. The van der Waals surface area contributed by atoms with E-state index in [0.717, 1.165) is 30.9 Å². The van der Waals surface area contributed by atoms with Crippen LogP contribution in [0, 0.1) is 17.8 Å². The summed E-state index contributed by atoms with van der Waals surface area (Å²) in [7, 11) is 0. The van der Waals surface area contributed by atoms with Crippen LogP contribution < -0.4 is 5.32 Å². The highest BCUT2D eigenvalue weighted by molar-refractivity contribution is 7.10. The lowest BCUT2D eigenvalue weighted by molar-refractivity contribution is 0.0536. The summed E-state index contributed by atoms with van der Waals surface area (Å²) in [5, 5.41) is 13.4. The zero-order chi connectivity index (χ0) is 14.2. The van der Waals surface area contributed by atoms with Crippen LogP contribution in [0.4, 0.5) is 0 Å². The third-order valence-corrected chi connectivity index (χ3v) is 3.96. The molecule has 0 bridgehead atoms. The van der Waals surface area contributed by atoms with E-state index in [1.54, 1.807) is 6.07 Å². The van der Waals surface area contributed by atoms with E-state index in [1.165, 1.54) is 11.3 Å². The van der Waals surface area contributed by atoms with Crippen molar-refractivity contribution in [1.82, 2.24) is 5.32 Å². The number of aliphatic hydroxyl groups excluding tert-OH is 1. The normalized spacial score (nSPS) is 18.1. The number of aliphatic hydroxyl groups is 1. The SMILES string of the molecule is O=C(NCC1CCCOC1)c1csc(C#CCCO)c1. The third-order valence-electron chi connectivity index (χ3n) is 3.12. The molecule has 1 saturated heterocycles. The van der Waals surface area contributed by atoms with Gasteiger partial charge in [0.15, 0.2) is 0 Å². The molecule has 0 radical (unpaired) electrons. The van der Waals surface area contributed by atoms with Gasteiger partial charge in [-0.2, -0.15) is 0 Å². The maximum Gasteiger partial charge on any atom is 0.252 e. The van der Waals surface area contributed by atoms with E-state index >= 15 is 0 Å². The van der Waals surface area contributed by atoms with E-state index in [1.807, 2.05) is 5.38 Å². The fourth-order valence-corrected chi connectivity index (χ4v) is 2.79. The molecule has 0 spiro atoms. The van der Waals surface area contributed by atoms with Gasteiger partial charge in [-0.15, -0.1) is 11.3 Å². The summed E-state index contributed by atoms with van der Waals surface area (Å²) in [6.45, 7) is 2.31. The molecule has 1 aromatic heterocycles. The van der Waals surface area contributed by atoms with Crippen LogP contribution in [0.25, 0.3) is 0 Å². The highest BCUT2D eigenvalue weighted by Crippen LogP contribution is 2.15. The van der Waals surface area contributed by atoms with E-state index in [0.29, 0.717) is 24.4 Å². The highest BCUT2D eigenvalue weighted by Gasteiger charge is 2.15. The molecule has 1 unspecified atom stereocenters. The van der Waals surface area contributed by atoms with Crippen LogP contribution in [0.2, 0.25) is 0 Å². The number of amides is 1. The lowest BCUT2D eigenvalue weighted by Gasteiger charge is -2.22. The molecular formula is C15H19NO3S. The zero-order valence-corrected chi connectivity index (χ0v) is 12.2. The molecular weight excluding hydrogens is 274 g/mol. The molecule has 1 aliphatic heterocycles. The predicted octanol–water partition coefficient (Wildman–Crippen LogP) is 1.64. The Labute approximate surface area is 123 Å². The number of ether oxygens (including phenoxy) is 1. The lowest BCUT2D eigenvalue weighted by Crippen LogP contribution is -2.33. The minimum Gasteiger partial charge on any atom is -0.395 e. The van der Waals surface area contributed by atoms with Gasteiger partial charge in [-0.05, 0) is 24.8 Å². The average molecular weight is 293 g/mol. The number of rotatable bonds is 4. The highest BCUT2D eigenvalue weighted by atomic mass is 32.1. The van der Waals surface area contributed by atoms with Crippen LogP contribution in [-0.4, -0.2) is 37.4 Å². The maximum absolute atomic E-state index is 12.0. The van der Waals surface area contributed by atoms with Crippen molar-refractivity contribution in [2.75, 3.05) is 26.4 Å². The van der Waals surface area contributed by atoms with Gasteiger partial charge < -0.3 is 15.2 Å². The molecule has 1 amide bonds. The fourth-order valence-electron chi connectivity index (χ4n) is 2.03. The van der Waals surface area contributed by atoms with Gasteiger partial charge in [-0.1, -0.05) is 11.8 Å². The second-order valence-corrected chi connectivity index (χ2v) is 5.68. The van der Waals surface area contributed by atoms with Crippen molar-refractivity contribution in [3.05, 3.63) is 21.9 Å². The molecule has 2 rings (SSSR count). The molecule has 1 fully saturated rings. The molecule has 2 N–H and O–H groups in total. The van der Waals surface area contributed by atoms with Gasteiger partial charge in [0.1, 0.15) is 0 Å². The third kappa shape index (κ3) is 4.64. The second kappa shape index (κ2) is 8.05. The number of nitrogens with one attached hydrogen (secondary N) is 1. The summed E-state index contributed by atoms with van der Waals surface area (Å²) in [4.78, 5) is 12.8. The van der Waals surface area contributed by atoms with Crippen molar-refractivity contribution in [2.45, 2.75) is 19.3 Å². The Kier molecular flexibility index (Phi) is 6.06. The van der Waals surface area contributed by atoms with Crippen LogP contribution >= 0.6 is 11.3 Å². The molecule has 108 valence electrons. The Morgan fingerprint density at radius 2 is 2.50 bits per heavy atom. The molecule has 1 atom stereocenters. The largest absolute Gasteiger partial charge is 0.395 e. The first-order valence-electron chi connectivity index (χ1n) is 6.84. The van der Waals surface area contributed by atoms with E-state index in [-0.39, 0.29) is 12.5 Å². The van der Waals surface area contributed by atoms with Crippen molar-refractivity contribution >= 4 is 17.2 Å². The van der Waals surface area contributed by atoms with E-state index in [4.69, 9.17) is 9.84 Å². The average Bonchev–Trinajstić information content (AvgIpc) is 2.95. The number of hydrogen-bond acceptors (Lipinski definition) is 4. The summed E-state index contributed by atoms with van der Waals surface area (Å²) in [6.07, 6.45) is 2.65. The van der Waals surface area contributed by atoms with Gasteiger partial charge in [-0.25, -0.2) is 0 Å². The standard InChI is InChI=1S/C15H19NO3S/c17-6-2-1-5-14-8-13(11-20-14)15(18)16-9-12-4-3-7-19-10-12/h8,11-12,17H,2-4,6-7,9-10H2,(H,16,18). The summed E-state index contributed by atoms with van der Waals surface area (Å²) >= 11 is 1.45. The molecule has 2 heterocycles. The Morgan fingerprint density at radius 3 is 3.25 bits per heavy atom. The monoisotopic (exact) mass is 293 g/mol. The molecule has 1 aromatic rings. The summed E-state index contributed by atoms with van der Waals surface area (Å²) in [5.74, 6) is 6.16. The van der Waals surface area contributed by atoms with Crippen LogP contribution in [0.3, 0.4) is 0 Å². The summed E-state index contributed by atoms with van der Waals surface area (Å²) in [6, 6.07) is 1.79. The topological polar surface area (TPSA) is 58.6 Å². The summed E-state index contributed by atoms with van der Waals surface area (Å²) in [5.41, 5.74) is 0.653. The maximum atomic E-state index is 12.0. The summed E-state index contributed by atoms with van der Waals surface area (Å²) < 4.78 is 5.39. The molecule has 1 aliphatic rings. The Morgan fingerprint density at radius 1 is 1.60 bits per heavy atom. The predicted molar refractivity (Wildman–Crippen MR) is 78.8 cm³/mol. The molecule has 0 saturated carbocycles. The van der Waals surface area contributed by atoms with Crippen LogP contribution in [0.15, 0.2) is 11.4 Å². The Bertz CT molecular complexity index is 495. The van der Waals surface area contributed by atoms with Gasteiger partial charge in [0.25, 0.3) is 5.91 Å². The zero-order valence-electron chi connectivity index (χ0n) is 11.4. The first-order valence-corrected chi connectivity index (χ1v) is 7.72. The van der Waals surface area contributed by atoms with E-state index < -0.39 is 0 Å².